The number of furan rings is 1. The fourth-order valence-electron chi connectivity index (χ4n) is 2.51. The molecule has 0 unspecified atom stereocenters. The second-order valence-corrected chi connectivity index (χ2v) is 5.09. The summed E-state index contributed by atoms with van der Waals surface area (Å²) in [5.74, 6) is 0.787. The number of benzene rings is 2. The van der Waals surface area contributed by atoms with E-state index in [0.29, 0.717) is 17.1 Å². The number of ketones is 1. The van der Waals surface area contributed by atoms with Crippen molar-refractivity contribution in [1.82, 2.24) is 0 Å². The molecular formula is C18H16O3. The number of aryl methyl sites for hydroxylation is 2. The standard InChI is InChI=1S/C18H16O3/c1-11-8-9-15(20-3)14(10-11)17(19)18-12(2)13-6-4-5-7-16(13)21-18/h4-10H,1-3H3. The number of carbonyl (C=O) groups excluding carboxylic acids is 1. The Bertz CT molecular complexity index is 828. The molecular weight excluding hydrogens is 264 g/mol. The maximum absolute atomic E-state index is 12.8. The number of hydrogen-bond acceptors (Lipinski definition) is 3. The average molecular weight is 280 g/mol. The highest BCUT2D eigenvalue weighted by Crippen LogP contribution is 2.29. The van der Waals surface area contributed by atoms with Gasteiger partial charge in [0, 0.05) is 10.9 Å². The third kappa shape index (κ3) is 2.21. The van der Waals surface area contributed by atoms with Crippen molar-refractivity contribution >= 4 is 16.8 Å². The molecule has 21 heavy (non-hydrogen) atoms. The zero-order chi connectivity index (χ0) is 15.0. The molecule has 0 spiro atoms. The van der Waals surface area contributed by atoms with E-state index >= 15 is 0 Å². The van der Waals surface area contributed by atoms with Crippen LogP contribution in [0.3, 0.4) is 0 Å². The van der Waals surface area contributed by atoms with Crippen molar-refractivity contribution < 1.29 is 13.9 Å². The summed E-state index contributed by atoms with van der Waals surface area (Å²) in [5.41, 5.74) is 3.12. The summed E-state index contributed by atoms with van der Waals surface area (Å²) < 4.78 is 11.0. The van der Waals surface area contributed by atoms with Gasteiger partial charge in [0.2, 0.25) is 5.78 Å². The summed E-state index contributed by atoms with van der Waals surface area (Å²) in [6.07, 6.45) is 0. The van der Waals surface area contributed by atoms with Crippen LogP contribution in [-0.4, -0.2) is 12.9 Å². The van der Waals surface area contributed by atoms with Gasteiger partial charge in [0.05, 0.1) is 12.7 Å². The minimum atomic E-state index is -0.149. The Labute approximate surface area is 123 Å². The van der Waals surface area contributed by atoms with Gasteiger partial charge in [0.15, 0.2) is 5.76 Å². The van der Waals surface area contributed by atoms with Crippen LogP contribution in [0.4, 0.5) is 0 Å². The van der Waals surface area contributed by atoms with E-state index in [1.54, 1.807) is 13.2 Å². The maximum atomic E-state index is 12.8. The van der Waals surface area contributed by atoms with Gasteiger partial charge in [-0.2, -0.15) is 0 Å². The van der Waals surface area contributed by atoms with Gasteiger partial charge < -0.3 is 9.15 Å². The maximum Gasteiger partial charge on any atom is 0.232 e. The van der Waals surface area contributed by atoms with Crippen molar-refractivity contribution in [3.05, 3.63) is 64.9 Å². The number of hydrogen-bond donors (Lipinski definition) is 0. The number of methoxy groups -OCH3 is 1. The summed E-state index contributed by atoms with van der Waals surface area (Å²) in [6.45, 7) is 3.85. The van der Waals surface area contributed by atoms with Crippen LogP contribution in [0.25, 0.3) is 11.0 Å². The Morgan fingerprint density at radius 1 is 1.10 bits per heavy atom. The lowest BCUT2D eigenvalue weighted by Gasteiger charge is -2.07. The molecule has 0 aliphatic rings. The van der Waals surface area contributed by atoms with Gasteiger partial charge in [-0.1, -0.05) is 29.8 Å². The van der Waals surface area contributed by atoms with Crippen LogP contribution in [0, 0.1) is 13.8 Å². The molecule has 0 amide bonds. The summed E-state index contributed by atoms with van der Waals surface area (Å²) in [6, 6.07) is 13.2. The minimum absolute atomic E-state index is 0.149. The lowest BCUT2D eigenvalue weighted by Crippen LogP contribution is -2.04. The van der Waals surface area contributed by atoms with E-state index in [9.17, 15) is 4.79 Å². The molecule has 1 heterocycles. The summed E-state index contributed by atoms with van der Waals surface area (Å²) in [7, 11) is 1.56. The van der Waals surface area contributed by atoms with E-state index in [1.807, 2.05) is 50.2 Å². The largest absolute Gasteiger partial charge is 0.496 e. The molecule has 106 valence electrons. The fourth-order valence-corrected chi connectivity index (χ4v) is 2.51. The molecule has 0 N–H and O–H groups in total. The van der Waals surface area contributed by atoms with Crippen LogP contribution in [0.15, 0.2) is 46.9 Å². The monoisotopic (exact) mass is 280 g/mol. The summed E-state index contributed by atoms with van der Waals surface area (Å²) in [5, 5.41) is 0.965. The summed E-state index contributed by atoms with van der Waals surface area (Å²) in [4.78, 5) is 12.8. The van der Waals surface area contributed by atoms with E-state index in [1.165, 1.54) is 0 Å². The molecule has 3 heteroatoms. The Morgan fingerprint density at radius 2 is 1.86 bits per heavy atom. The average Bonchev–Trinajstić information content (AvgIpc) is 2.84. The number of fused-ring (bicyclic) bond motifs is 1. The first-order chi connectivity index (χ1) is 10.1. The lowest BCUT2D eigenvalue weighted by atomic mass is 10.0. The van der Waals surface area contributed by atoms with Gasteiger partial charge in [0.1, 0.15) is 11.3 Å². The van der Waals surface area contributed by atoms with Crippen LogP contribution >= 0.6 is 0 Å². The topological polar surface area (TPSA) is 39.4 Å². The van der Waals surface area contributed by atoms with Gasteiger partial charge in [-0.3, -0.25) is 4.79 Å². The van der Waals surface area contributed by atoms with Gasteiger partial charge in [0.25, 0.3) is 0 Å². The zero-order valence-corrected chi connectivity index (χ0v) is 12.3. The first kappa shape index (κ1) is 13.4. The highest BCUT2D eigenvalue weighted by atomic mass is 16.5. The molecule has 0 saturated heterocycles. The molecule has 3 rings (SSSR count). The first-order valence-electron chi connectivity index (χ1n) is 6.79. The first-order valence-corrected chi connectivity index (χ1v) is 6.79. The van der Waals surface area contributed by atoms with E-state index < -0.39 is 0 Å². The van der Waals surface area contributed by atoms with E-state index in [0.717, 1.165) is 22.1 Å². The molecule has 0 aliphatic carbocycles. The van der Waals surface area contributed by atoms with E-state index in [2.05, 4.69) is 0 Å². The predicted molar refractivity (Wildman–Crippen MR) is 82.1 cm³/mol. The van der Waals surface area contributed by atoms with E-state index in [-0.39, 0.29) is 5.78 Å². The molecule has 2 aromatic carbocycles. The molecule has 0 bridgehead atoms. The smallest absolute Gasteiger partial charge is 0.232 e. The van der Waals surface area contributed by atoms with Gasteiger partial charge in [-0.15, -0.1) is 0 Å². The van der Waals surface area contributed by atoms with Gasteiger partial charge in [-0.05, 0) is 32.0 Å². The number of rotatable bonds is 3. The normalized spacial score (nSPS) is 10.8. The highest BCUT2D eigenvalue weighted by Gasteiger charge is 2.22. The fraction of sp³-hybridized carbons (Fsp3) is 0.167. The molecule has 0 radical (unpaired) electrons. The van der Waals surface area contributed by atoms with Crippen molar-refractivity contribution in [3.8, 4) is 5.75 Å². The third-order valence-electron chi connectivity index (χ3n) is 3.65. The van der Waals surface area contributed by atoms with Crippen LogP contribution in [0.2, 0.25) is 0 Å². The second kappa shape index (κ2) is 5.09. The van der Waals surface area contributed by atoms with Crippen LogP contribution in [0.1, 0.15) is 27.2 Å². The van der Waals surface area contributed by atoms with Crippen molar-refractivity contribution in [2.75, 3.05) is 7.11 Å². The quantitative estimate of drug-likeness (QED) is 0.672. The van der Waals surface area contributed by atoms with Gasteiger partial charge in [-0.25, -0.2) is 0 Å². The predicted octanol–water partition coefficient (Wildman–Crippen LogP) is 4.29. The molecule has 1 aromatic heterocycles. The van der Waals surface area contributed by atoms with Crippen molar-refractivity contribution in [2.45, 2.75) is 13.8 Å². The van der Waals surface area contributed by atoms with Gasteiger partial charge >= 0.3 is 0 Å². The number of carbonyl (C=O) groups is 1. The van der Waals surface area contributed by atoms with Crippen LogP contribution in [-0.2, 0) is 0 Å². The molecule has 0 saturated carbocycles. The highest BCUT2D eigenvalue weighted by molar-refractivity contribution is 6.12. The summed E-state index contributed by atoms with van der Waals surface area (Å²) >= 11 is 0. The van der Waals surface area contributed by atoms with E-state index in [4.69, 9.17) is 9.15 Å². The lowest BCUT2D eigenvalue weighted by molar-refractivity contribution is 0.101. The van der Waals surface area contributed by atoms with Crippen molar-refractivity contribution in [1.29, 1.82) is 0 Å². The van der Waals surface area contributed by atoms with Crippen molar-refractivity contribution in [2.24, 2.45) is 0 Å². The van der Waals surface area contributed by atoms with Crippen LogP contribution < -0.4 is 4.74 Å². The molecule has 0 atom stereocenters. The van der Waals surface area contributed by atoms with Crippen LogP contribution in [0.5, 0.6) is 5.75 Å². The molecule has 3 aromatic rings. The minimum Gasteiger partial charge on any atom is -0.496 e. The Balaban J connectivity index is 2.17. The second-order valence-electron chi connectivity index (χ2n) is 5.09. The Hall–Kier alpha value is -2.55. The number of ether oxygens (including phenoxy) is 1. The molecule has 0 fully saturated rings. The molecule has 0 aliphatic heterocycles. The van der Waals surface area contributed by atoms with Crippen molar-refractivity contribution in [3.63, 3.8) is 0 Å². The molecule has 3 nitrogen and oxygen atoms in total. The Kier molecular flexibility index (Phi) is 3.26. The number of para-hydroxylation sites is 1. The SMILES string of the molecule is COc1ccc(C)cc1C(=O)c1oc2ccccc2c1C. The zero-order valence-electron chi connectivity index (χ0n) is 12.3. The Morgan fingerprint density at radius 3 is 2.57 bits per heavy atom. The third-order valence-corrected chi connectivity index (χ3v) is 3.65.